The van der Waals surface area contributed by atoms with Crippen molar-refractivity contribution in [2.24, 2.45) is 0 Å². The van der Waals surface area contributed by atoms with Crippen LogP contribution in [0.5, 0.6) is 17.2 Å². The Bertz CT molecular complexity index is 1100. The van der Waals surface area contributed by atoms with Gasteiger partial charge in [0.15, 0.2) is 11.5 Å². The molecule has 2 heterocycles. The van der Waals surface area contributed by atoms with E-state index in [0.29, 0.717) is 36.9 Å². The Hall–Kier alpha value is -3.12. The molecule has 0 fully saturated rings. The van der Waals surface area contributed by atoms with Crippen molar-refractivity contribution >= 4 is 23.2 Å². The maximum atomic E-state index is 13.1. The molecule has 0 radical (unpaired) electrons. The molecule has 3 aromatic rings. The SMILES string of the molecule is COc1cc(C=C2CCc3nc(-c4ccccc4)sc3C2=O)cc2c1OCCO2. The summed E-state index contributed by atoms with van der Waals surface area (Å²) in [6, 6.07) is 13.8. The number of rotatable bonds is 3. The molecule has 1 aliphatic heterocycles. The summed E-state index contributed by atoms with van der Waals surface area (Å²) < 4.78 is 16.8. The largest absolute Gasteiger partial charge is 0.493 e. The van der Waals surface area contributed by atoms with Gasteiger partial charge in [-0.2, -0.15) is 0 Å². The van der Waals surface area contributed by atoms with Gasteiger partial charge in [-0.25, -0.2) is 4.98 Å². The quantitative estimate of drug-likeness (QED) is 0.586. The number of thiazole rings is 1. The molecule has 29 heavy (non-hydrogen) atoms. The van der Waals surface area contributed by atoms with E-state index in [-0.39, 0.29) is 5.78 Å². The van der Waals surface area contributed by atoms with Crippen LogP contribution in [0.15, 0.2) is 48.0 Å². The summed E-state index contributed by atoms with van der Waals surface area (Å²) >= 11 is 1.47. The summed E-state index contributed by atoms with van der Waals surface area (Å²) in [4.78, 5) is 18.6. The standard InChI is InChI=1S/C23H19NO4S/c1-26-18-12-14(13-19-21(18)28-10-9-27-19)11-16-7-8-17-22(20(16)25)29-23(24-17)15-5-3-2-4-6-15/h2-6,11-13H,7-10H2,1H3. The van der Waals surface area contributed by atoms with Crippen molar-refractivity contribution in [3.8, 4) is 27.8 Å². The van der Waals surface area contributed by atoms with Gasteiger partial charge in [0, 0.05) is 11.1 Å². The Morgan fingerprint density at radius 3 is 2.76 bits per heavy atom. The number of Topliss-reactive ketones (excluding diaryl/α,β-unsaturated/α-hetero) is 1. The monoisotopic (exact) mass is 405 g/mol. The van der Waals surface area contributed by atoms with E-state index in [1.165, 1.54) is 11.3 Å². The first-order valence-electron chi connectivity index (χ1n) is 9.51. The summed E-state index contributed by atoms with van der Waals surface area (Å²) in [5.41, 5.74) is 3.59. The van der Waals surface area contributed by atoms with Gasteiger partial charge in [-0.3, -0.25) is 4.79 Å². The average molecular weight is 405 g/mol. The fourth-order valence-corrected chi connectivity index (χ4v) is 4.72. The zero-order valence-corrected chi connectivity index (χ0v) is 16.8. The molecule has 0 saturated heterocycles. The van der Waals surface area contributed by atoms with Gasteiger partial charge in [-0.05, 0) is 36.6 Å². The summed E-state index contributed by atoms with van der Waals surface area (Å²) in [5, 5.41) is 0.895. The van der Waals surface area contributed by atoms with Crippen LogP contribution in [0.3, 0.4) is 0 Å². The minimum atomic E-state index is 0.0554. The normalized spacial score (nSPS) is 16.6. The van der Waals surface area contributed by atoms with Gasteiger partial charge in [-0.15, -0.1) is 11.3 Å². The van der Waals surface area contributed by atoms with Gasteiger partial charge in [0.1, 0.15) is 18.2 Å². The van der Waals surface area contributed by atoms with Gasteiger partial charge < -0.3 is 14.2 Å². The Morgan fingerprint density at radius 2 is 1.93 bits per heavy atom. The second-order valence-electron chi connectivity index (χ2n) is 6.91. The molecule has 0 amide bonds. The van der Waals surface area contributed by atoms with Crippen molar-refractivity contribution in [2.75, 3.05) is 20.3 Å². The minimum absolute atomic E-state index is 0.0554. The number of fused-ring (bicyclic) bond motifs is 2. The van der Waals surface area contributed by atoms with E-state index in [9.17, 15) is 4.79 Å². The molecule has 0 bridgehead atoms. The molecule has 0 N–H and O–H groups in total. The third-order valence-corrected chi connectivity index (χ3v) is 6.18. The van der Waals surface area contributed by atoms with E-state index >= 15 is 0 Å². The third kappa shape index (κ3) is 3.29. The van der Waals surface area contributed by atoms with Crippen molar-refractivity contribution in [3.63, 3.8) is 0 Å². The van der Waals surface area contributed by atoms with Gasteiger partial charge in [0.2, 0.25) is 11.5 Å². The maximum absolute atomic E-state index is 13.1. The maximum Gasteiger partial charge on any atom is 0.203 e. The van der Waals surface area contributed by atoms with Crippen LogP contribution in [0.4, 0.5) is 0 Å². The van der Waals surface area contributed by atoms with Crippen LogP contribution in [0.1, 0.15) is 27.3 Å². The number of carbonyl (C=O) groups excluding carboxylic acids is 1. The zero-order chi connectivity index (χ0) is 19.8. The first-order valence-corrected chi connectivity index (χ1v) is 10.3. The molecule has 1 aromatic heterocycles. The summed E-state index contributed by atoms with van der Waals surface area (Å²) in [7, 11) is 1.60. The van der Waals surface area contributed by atoms with Crippen LogP contribution in [-0.2, 0) is 6.42 Å². The van der Waals surface area contributed by atoms with E-state index in [1.54, 1.807) is 7.11 Å². The predicted octanol–water partition coefficient (Wildman–Crippen LogP) is 4.80. The zero-order valence-electron chi connectivity index (χ0n) is 15.9. The van der Waals surface area contributed by atoms with Gasteiger partial charge >= 0.3 is 0 Å². The second-order valence-corrected chi connectivity index (χ2v) is 7.91. The fourth-order valence-electron chi connectivity index (χ4n) is 3.63. The molecule has 2 aromatic carbocycles. The van der Waals surface area contributed by atoms with E-state index in [2.05, 4.69) is 0 Å². The molecule has 146 valence electrons. The first-order chi connectivity index (χ1) is 14.2. The molecule has 5 rings (SSSR count). The van der Waals surface area contributed by atoms with E-state index in [4.69, 9.17) is 19.2 Å². The predicted molar refractivity (Wildman–Crippen MR) is 112 cm³/mol. The van der Waals surface area contributed by atoms with Crippen molar-refractivity contribution in [2.45, 2.75) is 12.8 Å². The van der Waals surface area contributed by atoms with Crippen LogP contribution < -0.4 is 14.2 Å². The summed E-state index contributed by atoms with van der Waals surface area (Å²) in [5.74, 6) is 1.94. The minimum Gasteiger partial charge on any atom is -0.493 e. The Kier molecular flexibility index (Phi) is 4.56. The van der Waals surface area contributed by atoms with Crippen LogP contribution in [0.25, 0.3) is 16.6 Å². The van der Waals surface area contributed by atoms with Gasteiger partial charge in [0.25, 0.3) is 0 Å². The number of allylic oxidation sites excluding steroid dienone is 1. The highest BCUT2D eigenvalue weighted by Crippen LogP contribution is 2.41. The third-order valence-electron chi connectivity index (χ3n) is 5.04. The van der Waals surface area contributed by atoms with Crippen LogP contribution >= 0.6 is 11.3 Å². The molecule has 0 unspecified atom stereocenters. The lowest BCUT2D eigenvalue weighted by Gasteiger charge is -2.21. The average Bonchev–Trinajstić information content (AvgIpc) is 3.21. The molecule has 0 spiro atoms. The fraction of sp³-hybridized carbons (Fsp3) is 0.217. The van der Waals surface area contributed by atoms with Crippen LogP contribution in [0, 0.1) is 0 Å². The van der Waals surface area contributed by atoms with Crippen LogP contribution in [0.2, 0.25) is 0 Å². The Labute approximate surface area is 172 Å². The summed E-state index contributed by atoms with van der Waals surface area (Å²) in [6.45, 7) is 1.00. The van der Waals surface area contributed by atoms with Crippen molar-refractivity contribution in [1.29, 1.82) is 0 Å². The second kappa shape index (κ2) is 7.37. The van der Waals surface area contributed by atoms with E-state index in [1.807, 2.05) is 48.5 Å². The molecular formula is C23H19NO4S. The Balaban J connectivity index is 1.49. The number of benzene rings is 2. The number of nitrogens with zero attached hydrogens (tertiary/aromatic N) is 1. The first kappa shape index (κ1) is 17.9. The van der Waals surface area contributed by atoms with Crippen molar-refractivity contribution < 1.29 is 19.0 Å². The van der Waals surface area contributed by atoms with Gasteiger partial charge in [-0.1, -0.05) is 30.3 Å². The lowest BCUT2D eigenvalue weighted by atomic mass is 9.94. The van der Waals surface area contributed by atoms with Gasteiger partial charge in [0.05, 0.1) is 17.7 Å². The highest BCUT2D eigenvalue weighted by molar-refractivity contribution is 7.17. The lowest BCUT2D eigenvalue weighted by molar-refractivity contribution is 0.103. The molecule has 1 aliphatic carbocycles. The van der Waals surface area contributed by atoms with E-state index in [0.717, 1.165) is 38.7 Å². The molecule has 5 nitrogen and oxygen atoms in total. The highest BCUT2D eigenvalue weighted by atomic mass is 32.1. The van der Waals surface area contributed by atoms with Crippen molar-refractivity contribution in [3.05, 3.63) is 64.2 Å². The number of hydrogen-bond acceptors (Lipinski definition) is 6. The number of methoxy groups -OCH3 is 1. The van der Waals surface area contributed by atoms with Crippen molar-refractivity contribution in [1.82, 2.24) is 4.98 Å². The highest BCUT2D eigenvalue weighted by Gasteiger charge is 2.27. The number of ether oxygens (including phenoxy) is 3. The number of aryl methyl sites for hydroxylation is 1. The number of aromatic nitrogens is 1. The number of ketones is 1. The smallest absolute Gasteiger partial charge is 0.203 e. The summed E-state index contributed by atoms with van der Waals surface area (Å²) in [6.07, 6.45) is 3.35. The molecule has 2 aliphatic rings. The topological polar surface area (TPSA) is 57.7 Å². The molecular weight excluding hydrogens is 386 g/mol. The molecule has 0 atom stereocenters. The number of carbonyl (C=O) groups is 1. The molecule has 0 saturated carbocycles. The Morgan fingerprint density at radius 1 is 1.10 bits per heavy atom. The lowest BCUT2D eigenvalue weighted by Crippen LogP contribution is -2.16. The number of hydrogen-bond donors (Lipinski definition) is 0. The van der Waals surface area contributed by atoms with E-state index < -0.39 is 0 Å². The molecule has 6 heteroatoms. The van der Waals surface area contributed by atoms with Crippen LogP contribution in [-0.4, -0.2) is 31.1 Å².